The highest BCUT2D eigenvalue weighted by Gasteiger charge is 2.17. The number of fused-ring (bicyclic) bond motifs is 1. The summed E-state index contributed by atoms with van der Waals surface area (Å²) in [5.74, 6) is 1.10. The summed E-state index contributed by atoms with van der Waals surface area (Å²) in [4.78, 5) is 21.3. The van der Waals surface area contributed by atoms with Crippen LogP contribution in [0.5, 0.6) is 0 Å². The number of rotatable bonds is 7. The standard InChI is InChI=1S/C20H25N5O2.ClH/c1-4-27-12-16-24-17-18(13(2)14(3)23-19(17)21)25(16)11-10-22-20(26)15-8-6-5-7-9-15;/h5-9H,4,10-12H2,1-3H3,(H2,21,23)(H,22,26);1H. The molecular formula is C20H26ClN5O2. The highest BCUT2D eigenvalue weighted by Crippen LogP contribution is 2.26. The Morgan fingerprint density at radius 2 is 1.93 bits per heavy atom. The summed E-state index contributed by atoms with van der Waals surface area (Å²) in [7, 11) is 0. The van der Waals surface area contributed by atoms with Gasteiger partial charge in [0.1, 0.15) is 17.9 Å². The van der Waals surface area contributed by atoms with Crippen LogP contribution >= 0.6 is 12.4 Å². The van der Waals surface area contributed by atoms with Gasteiger partial charge in [-0.1, -0.05) is 18.2 Å². The molecule has 2 heterocycles. The van der Waals surface area contributed by atoms with Crippen molar-refractivity contribution in [3.63, 3.8) is 0 Å². The lowest BCUT2D eigenvalue weighted by Gasteiger charge is -2.12. The number of amides is 1. The average Bonchev–Trinajstić information content (AvgIpc) is 3.04. The number of nitrogens with zero attached hydrogens (tertiary/aromatic N) is 3. The number of halogens is 1. The molecule has 3 aromatic rings. The van der Waals surface area contributed by atoms with Gasteiger partial charge in [0.25, 0.3) is 5.91 Å². The van der Waals surface area contributed by atoms with Crippen LogP contribution in [-0.2, 0) is 17.9 Å². The van der Waals surface area contributed by atoms with E-state index in [9.17, 15) is 4.79 Å². The molecule has 0 radical (unpaired) electrons. The summed E-state index contributed by atoms with van der Waals surface area (Å²) in [6.45, 7) is 7.91. The summed E-state index contributed by atoms with van der Waals surface area (Å²) in [6.07, 6.45) is 0. The van der Waals surface area contributed by atoms with Crippen LogP contribution in [0.15, 0.2) is 30.3 Å². The lowest BCUT2D eigenvalue weighted by Crippen LogP contribution is -2.27. The summed E-state index contributed by atoms with van der Waals surface area (Å²) in [6, 6.07) is 9.17. The van der Waals surface area contributed by atoms with Crippen LogP contribution < -0.4 is 11.1 Å². The van der Waals surface area contributed by atoms with Crippen molar-refractivity contribution in [3.05, 3.63) is 53.0 Å². The average molecular weight is 404 g/mol. The van der Waals surface area contributed by atoms with E-state index in [1.807, 2.05) is 39.0 Å². The van der Waals surface area contributed by atoms with Crippen LogP contribution in [0.3, 0.4) is 0 Å². The lowest BCUT2D eigenvalue weighted by atomic mass is 10.2. The van der Waals surface area contributed by atoms with E-state index < -0.39 is 0 Å². The second-order valence-electron chi connectivity index (χ2n) is 6.34. The molecule has 0 unspecified atom stereocenters. The van der Waals surface area contributed by atoms with Crippen molar-refractivity contribution in [1.29, 1.82) is 0 Å². The highest BCUT2D eigenvalue weighted by molar-refractivity contribution is 5.94. The molecule has 0 saturated heterocycles. The molecule has 3 N–H and O–H groups in total. The van der Waals surface area contributed by atoms with E-state index in [1.165, 1.54) is 0 Å². The minimum atomic E-state index is -0.0968. The number of nitrogens with two attached hydrogens (primary N) is 1. The third-order valence-corrected chi connectivity index (χ3v) is 4.57. The monoisotopic (exact) mass is 403 g/mol. The predicted octanol–water partition coefficient (Wildman–Crippen LogP) is 3.02. The van der Waals surface area contributed by atoms with Crippen molar-refractivity contribution in [2.45, 2.75) is 33.9 Å². The van der Waals surface area contributed by atoms with Crippen LogP contribution in [0.4, 0.5) is 5.82 Å². The molecule has 150 valence electrons. The van der Waals surface area contributed by atoms with Gasteiger partial charge in [-0.05, 0) is 38.5 Å². The van der Waals surface area contributed by atoms with Gasteiger partial charge in [0.05, 0.1) is 5.52 Å². The Balaban J connectivity index is 0.00000280. The molecule has 0 aliphatic heterocycles. The normalized spacial score (nSPS) is 10.7. The van der Waals surface area contributed by atoms with Crippen molar-refractivity contribution < 1.29 is 9.53 Å². The largest absolute Gasteiger partial charge is 0.382 e. The molecule has 0 fully saturated rings. The first kappa shape index (κ1) is 21.7. The van der Waals surface area contributed by atoms with Crippen molar-refractivity contribution in [1.82, 2.24) is 19.9 Å². The fourth-order valence-corrected chi connectivity index (χ4v) is 3.06. The van der Waals surface area contributed by atoms with Gasteiger partial charge in [-0.15, -0.1) is 12.4 Å². The quantitative estimate of drug-likeness (QED) is 0.632. The molecule has 28 heavy (non-hydrogen) atoms. The van der Waals surface area contributed by atoms with Crippen LogP contribution in [0.1, 0.15) is 34.4 Å². The molecule has 7 nitrogen and oxygen atoms in total. The number of hydrogen-bond donors (Lipinski definition) is 2. The zero-order valence-electron chi connectivity index (χ0n) is 16.4. The smallest absolute Gasteiger partial charge is 0.251 e. The molecule has 1 amide bonds. The minimum Gasteiger partial charge on any atom is -0.382 e. The third kappa shape index (κ3) is 4.43. The Morgan fingerprint density at radius 3 is 2.61 bits per heavy atom. The first-order valence-corrected chi connectivity index (χ1v) is 9.05. The fraction of sp³-hybridized carbons (Fsp3) is 0.350. The van der Waals surface area contributed by atoms with E-state index in [4.69, 9.17) is 10.5 Å². The summed E-state index contributed by atoms with van der Waals surface area (Å²) < 4.78 is 7.63. The Morgan fingerprint density at radius 1 is 1.21 bits per heavy atom. The number of aromatic nitrogens is 3. The molecule has 2 aromatic heterocycles. The van der Waals surface area contributed by atoms with Gasteiger partial charge < -0.3 is 20.4 Å². The number of pyridine rings is 1. The van der Waals surface area contributed by atoms with Crippen LogP contribution in [0.25, 0.3) is 11.0 Å². The minimum absolute atomic E-state index is 0. The molecule has 0 atom stereocenters. The van der Waals surface area contributed by atoms with Crippen molar-refractivity contribution in [2.24, 2.45) is 0 Å². The van der Waals surface area contributed by atoms with E-state index in [2.05, 4.69) is 19.9 Å². The van der Waals surface area contributed by atoms with Gasteiger partial charge in [-0.25, -0.2) is 9.97 Å². The topological polar surface area (TPSA) is 95.1 Å². The van der Waals surface area contributed by atoms with Gasteiger partial charge >= 0.3 is 0 Å². The number of carbonyl (C=O) groups excluding carboxylic acids is 1. The summed E-state index contributed by atoms with van der Waals surface area (Å²) >= 11 is 0. The highest BCUT2D eigenvalue weighted by atomic mass is 35.5. The molecule has 0 saturated carbocycles. The maximum absolute atomic E-state index is 12.3. The van der Waals surface area contributed by atoms with Crippen LogP contribution in [0, 0.1) is 13.8 Å². The lowest BCUT2D eigenvalue weighted by molar-refractivity contribution is 0.0951. The number of nitrogens with one attached hydrogen (secondary N) is 1. The number of nitrogen functional groups attached to an aromatic ring is 1. The van der Waals surface area contributed by atoms with Gasteiger partial charge in [-0.2, -0.15) is 0 Å². The Kier molecular flexibility index (Phi) is 7.37. The van der Waals surface area contributed by atoms with Gasteiger partial charge in [0.15, 0.2) is 5.82 Å². The van der Waals surface area contributed by atoms with E-state index in [0.717, 1.165) is 22.6 Å². The van der Waals surface area contributed by atoms with Crippen LogP contribution in [0.2, 0.25) is 0 Å². The predicted molar refractivity (Wildman–Crippen MR) is 113 cm³/mol. The molecule has 0 bridgehead atoms. The Bertz CT molecular complexity index is 956. The SMILES string of the molecule is CCOCc1nc2c(N)nc(C)c(C)c2n1CCNC(=O)c1ccccc1.Cl. The van der Waals surface area contributed by atoms with Crippen LogP contribution in [-0.4, -0.2) is 33.6 Å². The number of imidazole rings is 1. The van der Waals surface area contributed by atoms with Gasteiger partial charge in [0.2, 0.25) is 0 Å². The van der Waals surface area contributed by atoms with Gasteiger partial charge in [0, 0.05) is 31.0 Å². The molecule has 0 spiro atoms. The molecule has 3 rings (SSSR count). The number of benzene rings is 1. The van der Waals surface area contributed by atoms with Crippen molar-refractivity contribution in [2.75, 3.05) is 18.9 Å². The van der Waals surface area contributed by atoms with E-state index in [-0.39, 0.29) is 18.3 Å². The number of aryl methyl sites for hydroxylation is 2. The van der Waals surface area contributed by atoms with Gasteiger partial charge in [-0.3, -0.25) is 4.79 Å². The van der Waals surface area contributed by atoms with Crippen molar-refractivity contribution in [3.8, 4) is 0 Å². The maximum atomic E-state index is 12.3. The third-order valence-electron chi connectivity index (χ3n) is 4.57. The van der Waals surface area contributed by atoms with E-state index in [1.54, 1.807) is 12.1 Å². The summed E-state index contributed by atoms with van der Waals surface area (Å²) in [5.41, 5.74) is 10.3. The zero-order valence-corrected chi connectivity index (χ0v) is 17.2. The summed E-state index contributed by atoms with van der Waals surface area (Å²) in [5, 5.41) is 2.96. The zero-order chi connectivity index (χ0) is 19.4. The second-order valence-corrected chi connectivity index (χ2v) is 6.34. The molecule has 8 heteroatoms. The maximum Gasteiger partial charge on any atom is 0.251 e. The first-order valence-electron chi connectivity index (χ1n) is 9.05. The molecule has 0 aliphatic rings. The van der Waals surface area contributed by atoms with Crippen molar-refractivity contribution >= 4 is 35.2 Å². The molecule has 1 aromatic carbocycles. The van der Waals surface area contributed by atoms with E-state index in [0.29, 0.717) is 43.2 Å². The van der Waals surface area contributed by atoms with E-state index >= 15 is 0 Å². The number of carbonyl (C=O) groups is 1. The number of hydrogen-bond acceptors (Lipinski definition) is 5. The number of anilines is 1. The number of ether oxygens (including phenoxy) is 1. The fourth-order valence-electron chi connectivity index (χ4n) is 3.06. The second kappa shape index (κ2) is 9.52. The Labute approximate surface area is 170 Å². The molecule has 0 aliphatic carbocycles. The first-order chi connectivity index (χ1) is 13.0. The molecular weight excluding hydrogens is 378 g/mol. The Hall–Kier alpha value is -2.64.